The Hall–Kier alpha value is -0.570. The highest BCUT2D eigenvalue weighted by molar-refractivity contribution is 5.71. The van der Waals surface area contributed by atoms with Crippen LogP contribution in [0.25, 0.3) is 0 Å². The van der Waals surface area contributed by atoms with Crippen molar-refractivity contribution in [3.63, 3.8) is 0 Å². The SMILES string of the molecule is CCCCOC(=O)CN(CC)CC1CCC1. The molecule has 1 fully saturated rings. The third-order valence-electron chi connectivity index (χ3n) is 3.30. The van der Waals surface area contributed by atoms with Crippen molar-refractivity contribution in [2.24, 2.45) is 5.92 Å². The minimum Gasteiger partial charge on any atom is -0.465 e. The molecular formula is C13H25NO2. The summed E-state index contributed by atoms with van der Waals surface area (Å²) in [6, 6.07) is 0. The fourth-order valence-electron chi connectivity index (χ4n) is 1.90. The molecule has 1 saturated carbocycles. The van der Waals surface area contributed by atoms with E-state index >= 15 is 0 Å². The molecule has 0 unspecified atom stereocenters. The summed E-state index contributed by atoms with van der Waals surface area (Å²) < 4.78 is 5.17. The Morgan fingerprint density at radius 3 is 2.62 bits per heavy atom. The van der Waals surface area contributed by atoms with Gasteiger partial charge in [-0.1, -0.05) is 26.7 Å². The van der Waals surface area contributed by atoms with Crippen molar-refractivity contribution in [3.8, 4) is 0 Å². The second kappa shape index (κ2) is 7.66. The van der Waals surface area contributed by atoms with Crippen LogP contribution in [0.2, 0.25) is 0 Å². The van der Waals surface area contributed by atoms with Crippen LogP contribution in [0.4, 0.5) is 0 Å². The molecule has 0 atom stereocenters. The molecule has 0 amide bonds. The van der Waals surface area contributed by atoms with E-state index in [-0.39, 0.29) is 5.97 Å². The van der Waals surface area contributed by atoms with Crippen LogP contribution in [0.15, 0.2) is 0 Å². The first-order chi connectivity index (χ1) is 7.76. The lowest BCUT2D eigenvalue weighted by Gasteiger charge is -2.31. The Morgan fingerprint density at radius 1 is 1.38 bits per heavy atom. The Kier molecular flexibility index (Phi) is 6.46. The van der Waals surface area contributed by atoms with E-state index in [2.05, 4.69) is 18.7 Å². The van der Waals surface area contributed by atoms with Crippen LogP contribution < -0.4 is 0 Å². The minimum absolute atomic E-state index is 0.0605. The summed E-state index contributed by atoms with van der Waals surface area (Å²) >= 11 is 0. The third kappa shape index (κ3) is 4.97. The molecule has 0 saturated heterocycles. The molecule has 0 bridgehead atoms. The first-order valence-electron chi connectivity index (χ1n) is 6.64. The molecule has 0 spiro atoms. The quantitative estimate of drug-likeness (QED) is 0.471. The van der Waals surface area contributed by atoms with Crippen molar-refractivity contribution in [3.05, 3.63) is 0 Å². The van der Waals surface area contributed by atoms with E-state index < -0.39 is 0 Å². The average molecular weight is 227 g/mol. The normalized spacial score (nSPS) is 16.2. The summed E-state index contributed by atoms with van der Waals surface area (Å²) in [6.45, 7) is 7.27. The second-order valence-electron chi connectivity index (χ2n) is 4.70. The zero-order chi connectivity index (χ0) is 11.8. The Labute approximate surface area is 99.1 Å². The van der Waals surface area contributed by atoms with Crippen LogP contribution in [0, 0.1) is 5.92 Å². The Balaban J connectivity index is 2.12. The largest absolute Gasteiger partial charge is 0.465 e. The lowest BCUT2D eigenvalue weighted by Crippen LogP contribution is -2.36. The lowest BCUT2D eigenvalue weighted by molar-refractivity contribution is -0.145. The smallest absolute Gasteiger partial charge is 0.320 e. The van der Waals surface area contributed by atoms with E-state index in [4.69, 9.17) is 4.74 Å². The molecule has 1 aliphatic rings. The Bertz CT molecular complexity index is 202. The van der Waals surface area contributed by atoms with Crippen molar-refractivity contribution in [1.29, 1.82) is 0 Å². The highest BCUT2D eigenvalue weighted by Gasteiger charge is 2.21. The fourth-order valence-corrected chi connectivity index (χ4v) is 1.90. The van der Waals surface area contributed by atoms with Gasteiger partial charge in [0.2, 0.25) is 0 Å². The molecular weight excluding hydrogens is 202 g/mol. The van der Waals surface area contributed by atoms with Crippen LogP contribution in [0.1, 0.15) is 46.0 Å². The molecule has 0 aromatic heterocycles. The molecule has 3 nitrogen and oxygen atoms in total. The number of nitrogens with zero attached hydrogens (tertiary/aromatic N) is 1. The highest BCUT2D eigenvalue weighted by Crippen LogP contribution is 2.26. The predicted molar refractivity (Wildman–Crippen MR) is 65.3 cm³/mol. The summed E-state index contributed by atoms with van der Waals surface area (Å²) in [5.74, 6) is 0.762. The molecule has 0 aromatic rings. The zero-order valence-electron chi connectivity index (χ0n) is 10.7. The standard InChI is InChI=1S/C13H25NO2/c1-3-5-9-16-13(15)11-14(4-2)10-12-7-6-8-12/h12H,3-11H2,1-2H3. The van der Waals surface area contributed by atoms with Gasteiger partial charge >= 0.3 is 5.97 Å². The summed E-state index contributed by atoms with van der Waals surface area (Å²) in [6.07, 6.45) is 6.08. The molecule has 0 N–H and O–H groups in total. The van der Waals surface area contributed by atoms with E-state index in [1.165, 1.54) is 19.3 Å². The van der Waals surface area contributed by atoms with Crippen molar-refractivity contribution >= 4 is 5.97 Å². The van der Waals surface area contributed by atoms with Gasteiger partial charge in [-0.3, -0.25) is 9.69 Å². The molecule has 1 rings (SSSR count). The van der Waals surface area contributed by atoms with E-state index in [9.17, 15) is 4.79 Å². The van der Waals surface area contributed by atoms with Crippen LogP contribution in [0.3, 0.4) is 0 Å². The number of unbranched alkanes of at least 4 members (excludes halogenated alkanes) is 1. The van der Waals surface area contributed by atoms with E-state index in [0.717, 1.165) is 31.8 Å². The molecule has 0 heterocycles. The number of ether oxygens (including phenoxy) is 1. The van der Waals surface area contributed by atoms with E-state index in [0.29, 0.717) is 13.2 Å². The monoisotopic (exact) mass is 227 g/mol. The number of esters is 1. The maximum atomic E-state index is 11.5. The van der Waals surface area contributed by atoms with Crippen LogP contribution in [-0.4, -0.2) is 37.1 Å². The highest BCUT2D eigenvalue weighted by atomic mass is 16.5. The third-order valence-corrected chi connectivity index (χ3v) is 3.30. The zero-order valence-corrected chi connectivity index (χ0v) is 10.7. The van der Waals surface area contributed by atoms with Gasteiger partial charge in [0.1, 0.15) is 0 Å². The summed E-state index contributed by atoms with van der Waals surface area (Å²) in [7, 11) is 0. The topological polar surface area (TPSA) is 29.5 Å². The van der Waals surface area contributed by atoms with Gasteiger partial charge in [-0.05, 0) is 31.7 Å². The fraction of sp³-hybridized carbons (Fsp3) is 0.923. The van der Waals surface area contributed by atoms with Gasteiger partial charge in [-0.25, -0.2) is 0 Å². The maximum absolute atomic E-state index is 11.5. The summed E-state index contributed by atoms with van der Waals surface area (Å²) in [5, 5.41) is 0. The number of rotatable bonds is 8. The molecule has 94 valence electrons. The number of likely N-dealkylation sites (N-methyl/N-ethyl adjacent to an activating group) is 1. The van der Waals surface area contributed by atoms with Gasteiger partial charge in [0.05, 0.1) is 13.2 Å². The van der Waals surface area contributed by atoms with Crippen LogP contribution >= 0.6 is 0 Å². The molecule has 0 aromatic carbocycles. The minimum atomic E-state index is -0.0605. The van der Waals surface area contributed by atoms with Crippen molar-refractivity contribution in [2.45, 2.75) is 46.0 Å². The number of carbonyl (C=O) groups is 1. The van der Waals surface area contributed by atoms with E-state index in [1.807, 2.05) is 0 Å². The van der Waals surface area contributed by atoms with Crippen molar-refractivity contribution < 1.29 is 9.53 Å². The first-order valence-corrected chi connectivity index (χ1v) is 6.64. The summed E-state index contributed by atoms with van der Waals surface area (Å²) in [5.41, 5.74) is 0. The van der Waals surface area contributed by atoms with Crippen LogP contribution in [0.5, 0.6) is 0 Å². The van der Waals surface area contributed by atoms with Crippen LogP contribution in [-0.2, 0) is 9.53 Å². The second-order valence-corrected chi connectivity index (χ2v) is 4.70. The predicted octanol–water partition coefficient (Wildman–Crippen LogP) is 2.45. The average Bonchev–Trinajstić information content (AvgIpc) is 2.22. The molecule has 16 heavy (non-hydrogen) atoms. The van der Waals surface area contributed by atoms with Gasteiger partial charge in [0.15, 0.2) is 0 Å². The van der Waals surface area contributed by atoms with E-state index in [1.54, 1.807) is 0 Å². The lowest BCUT2D eigenvalue weighted by atomic mass is 9.85. The van der Waals surface area contributed by atoms with Crippen molar-refractivity contribution in [1.82, 2.24) is 4.90 Å². The number of carbonyl (C=O) groups excluding carboxylic acids is 1. The Morgan fingerprint density at radius 2 is 2.12 bits per heavy atom. The van der Waals surface area contributed by atoms with Gasteiger partial charge in [-0.15, -0.1) is 0 Å². The van der Waals surface area contributed by atoms with Gasteiger partial charge in [-0.2, -0.15) is 0 Å². The molecule has 3 heteroatoms. The number of hydrogen-bond acceptors (Lipinski definition) is 3. The van der Waals surface area contributed by atoms with Gasteiger partial charge < -0.3 is 4.74 Å². The van der Waals surface area contributed by atoms with Gasteiger partial charge in [0.25, 0.3) is 0 Å². The molecule has 0 aliphatic heterocycles. The first kappa shape index (κ1) is 13.5. The molecule has 0 radical (unpaired) electrons. The molecule has 1 aliphatic carbocycles. The van der Waals surface area contributed by atoms with Gasteiger partial charge in [0, 0.05) is 6.54 Å². The van der Waals surface area contributed by atoms with Crippen molar-refractivity contribution in [2.75, 3.05) is 26.2 Å². The number of hydrogen-bond donors (Lipinski definition) is 0. The maximum Gasteiger partial charge on any atom is 0.320 e. The summed E-state index contributed by atoms with van der Waals surface area (Å²) in [4.78, 5) is 13.7.